The molecule has 6 nitrogen and oxygen atoms in total. The van der Waals surface area contributed by atoms with E-state index >= 15 is 0 Å². The molecule has 1 fully saturated rings. The minimum absolute atomic E-state index is 0.000771. The third-order valence-corrected chi connectivity index (χ3v) is 6.14. The van der Waals surface area contributed by atoms with Gasteiger partial charge in [0.05, 0.1) is 24.9 Å². The Morgan fingerprint density at radius 3 is 2.75 bits per heavy atom. The molecule has 108 valence electrons. The minimum atomic E-state index is -3.77. The summed E-state index contributed by atoms with van der Waals surface area (Å²) in [6, 6.07) is 5.06. The van der Waals surface area contributed by atoms with Crippen molar-refractivity contribution in [2.24, 2.45) is 0 Å². The van der Waals surface area contributed by atoms with Crippen LogP contribution in [0, 0.1) is 11.3 Å². The van der Waals surface area contributed by atoms with E-state index in [1.165, 1.54) is 10.4 Å². The summed E-state index contributed by atoms with van der Waals surface area (Å²) in [7, 11) is -3.77. The van der Waals surface area contributed by atoms with Crippen molar-refractivity contribution in [3.63, 3.8) is 0 Å². The first-order chi connectivity index (χ1) is 9.36. The van der Waals surface area contributed by atoms with Gasteiger partial charge in [0.1, 0.15) is 4.90 Å². The molecule has 0 radical (unpaired) electrons. The quantitative estimate of drug-likeness (QED) is 0.729. The van der Waals surface area contributed by atoms with Crippen molar-refractivity contribution >= 4 is 47.6 Å². The molecule has 9 heteroatoms. The van der Waals surface area contributed by atoms with Crippen molar-refractivity contribution in [1.29, 1.82) is 5.26 Å². The monoisotopic (exact) mass is 423 g/mol. The fraction of sp³-hybridized carbons (Fsp3) is 0.364. The lowest BCUT2D eigenvalue weighted by Gasteiger charge is -2.29. The molecule has 20 heavy (non-hydrogen) atoms. The normalized spacial score (nSPS) is 20.6. The van der Waals surface area contributed by atoms with Gasteiger partial charge in [-0.25, -0.2) is 8.42 Å². The van der Waals surface area contributed by atoms with Crippen molar-refractivity contribution in [2.45, 2.75) is 11.0 Å². The van der Waals surface area contributed by atoms with E-state index in [0.29, 0.717) is 8.95 Å². The van der Waals surface area contributed by atoms with Crippen LogP contribution in [0.25, 0.3) is 0 Å². The van der Waals surface area contributed by atoms with Crippen LogP contribution in [-0.2, 0) is 14.8 Å². The number of morpholine rings is 1. The van der Waals surface area contributed by atoms with Crippen molar-refractivity contribution in [2.75, 3.05) is 25.4 Å². The zero-order valence-electron chi connectivity index (χ0n) is 10.2. The van der Waals surface area contributed by atoms with E-state index in [1.807, 2.05) is 6.07 Å². The molecule has 0 bridgehead atoms. The van der Waals surface area contributed by atoms with Crippen molar-refractivity contribution in [1.82, 2.24) is 4.31 Å². The maximum atomic E-state index is 12.6. The second-order valence-electron chi connectivity index (χ2n) is 4.16. The Hall–Kier alpha value is -0.660. The van der Waals surface area contributed by atoms with Crippen LogP contribution in [0.4, 0.5) is 5.69 Å². The number of nitrogens with two attached hydrogens (primary N) is 1. The average molecular weight is 425 g/mol. The lowest BCUT2D eigenvalue weighted by atomic mass is 10.3. The molecule has 0 spiro atoms. The Morgan fingerprint density at radius 1 is 1.45 bits per heavy atom. The zero-order valence-corrected chi connectivity index (χ0v) is 14.2. The lowest BCUT2D eigenvalue weighted by Crippen LogP contribution is -2.45. The Kier molecular flexibility index (Phi) is 4.71. The van der Waals surface area contributed by atoms with Gasteiger partial charge in [-0.05, 0) is 28.1 Å². The number of halogens is 2. The van der Waals surface area contributed by atoms with Crippen molar-refractivity contribution in [3.05, 3.63) is 21.1 Å². The number of hydrogen-bond donors (Lipinski definition) is 1. The minimum Gasteiger partial charge on any atom is -0.398 e. The first-order valence-corrected chi connectivity index (χ1v) is 8.64. The highest BCUT2D eigenvalue weighted by atomic mass is 79.9. The Bertz CT molecular complexity index is 649. The maximum Gasteiger partial charge on any atom is 0.246 e. The number of anilines is 1. The molecule has 0 saturated carbocycles. The highest BCUT2D eigenvalue weighted by molar-refractivity contribution is 9.11. The molecule has 1 heterocycles. The number of rotatable bonds is 2. The Labute approximate surface area is 133 Å². The van der Waals surface area contributed by atoms with Crippen LogP contribution < -0.4 is 5.73 Å². The molecule has 0 aliphatic carbocycles. The molecule has 2 N–H and O–H groups in total. The molecule has 1 unspecified atom stereocenters. The number of hydrogen-bond acceptors (Lipinski definition) is 5. The summed E-state index contributed by atoms with van der Waals surface area (Å²) in [5, 5.41) is 8.85. The molecular weight excluding hydrogens is 414 g/mol. The smallest absolute Gasteiger partial charge is 0.246 e. The fourth-order valence-electron chi connectivity index (χ4n) is 1.90. The van der Waals surface area contributed by atoms with Crippen LogP contribution >= 0.6 is 31.9 Å². The van der Waals surface area contributed by atoms with Crippen molar-refractivity contribution in [3.8, 4) is 6.07 Å². The summed E-state index contributed by atoms with van der Waals surface area (Å²) >= 11 is 6.47. The van der Waals surface area contributed by atoms with Crippen molar-refractivity contribution < 1.29 is 13.2 Å². The van der Waals surface area contributed by atoms with Gasteiger partial charge in [0, 0.05) is 15.5 Å². The first kappa shape index (κ1) is 15.7. The topological polar surface area (TPSA) is 96.4 Å². The van der Waals surface area contributed by atoms with E-state index in [4.69, 9.17) is 15.7 Å². The third kappa shape index (κ3) is 2.99. The standard InChI is InChI=1S/C11H11Br2N3O3S/c12-7-3-9(13)11(10(15)4-7)20(17,18)16-1-2-19-8(5-14)6-16/h3-4,8H,1-2,6,15H2. The molecule has 0 aromatic heterocycles. The van der Waals surface area contributed by atoms with E-state index in [0.717, 1.165) is 0 Å². The summed E-state index contributed by atoms with van der Waals surface area (Å²) in [4.78, 5) is 0.0132. The average Bonchev–Trinajstić information content (AvgIpc) is 2.37. The van der Waals surface area contributed by atoms with E-state index in [9.17, 15) is 8.42 Å². The van der Waals surface area contributed by atoms with Gasteiger partial charge in [-0.3, -0.25) is 0 Å². The number of nitrogen functional groups attached to an aromatic ring is 1. The number of sulfonamides is 1. The molecule has 1 aliphatic rings. The summed E-state index contributed by atoms with van der Waals surface area (Å²) in [6.07, 6.45) is -0.756. The molecule has 1 aromatic carbocycles. The van der Waals surface area contributed by atoms with Crippen LogP contribution in [-0.4, -0.2) is 38.5 Å². The number of nitriles is 1. The third-order valence-electron chi connectivity index (χ3n) is 2.81. The summed E-state index contributed by atoms with van der Waals surface area (Å²) in [6.45, 7) is 0.384. The SMILES string of the molecule is N#CC1CN(S(=O)(=O)c2c(N)cc(Br)cc2Br)CCO1. The van der Waals surface area contributed by atoms with Crippen LogP contribution in [0.3, 0.4) is 0 Å². The predicted molar refractivity (Wildman–Crippen MR) is 80.4 cm³/mol. The molecule has 1 saturated heterocycles. The van der Waals surface area contributed by atoms with E-state index < -0.39 is 16.1 Å². The van der Waals surface area contributed by atoms with Crippen LogP contribution in [0.5, 0.6) is 0 Å². The number of ether oxygens (including phenoxy) is 1. The fourth-order valence-corrected chi connectivity index (χ4v) is 5.34. The van der Waals surface area contributed by atoms with Gasteiger partial charge < -0.3 is 10.5 Å². The van der Waals surface area contributed by atoms with Gasteiger partial charge >= 0.3 is 0 Å². The second-order valence-corrected chi connectivity index (χ2v) is 7.80. The second kappa shape index (κ2) is 5.99. The molecule has 1 aliphatic heterocycles. The summed E-state index contributed by atoms with van der Waals surface area (Å²) in [5.41, 5.74) is 5.96. The summed E-state index contributed by atoms with van der Waals surface area (Å²) in [5.74, 6) is 0. The van der Waals surface area contributed by atoms with Gasteiger partial charge in [-0.2, -0.15) is 9.57 Å². The number of nitrogens with zero attached hydrogens (tertiary/aromatic N) is 2. The van der Waals surface area contributed by atoms with Crippen LogP contribution in [0.15, 0.2) is 26.0 Å². The molecule has 1 aromatic rings. The lowest BCUT2D eigenvalue weighted by molar-refractivity contribution is 0.0311. The van der Waals surface area contributed by atoms with Gasteiger partial charge in [0.2, 0.25) is 10.0 Å². The number of benzene rings is 1. The highest BCUT2D eigenvalue weighted by Crippen LogP contribution is 2.34. The van der Waals surface area contributed by atoms with E-state index in [2.05, 4.69) is 31.9 Å². The van der Waals surface area contributed by atoms with Crippen LogP contribution in [0.1, 0.15) is 0 Å². The van der Waals surface area contributed by atoms with Gasteiger partial charge in [0.15, 0.2) is 6.10 Å². The molecule has 2 rings (SSSR count). The highest BCUT2D eigenvalue weighted by Gasteiger charge is 2.33. The largest absolute Gasteiger partial charge is 0.398 e. The Balaban J connectivity index is 2.43. The van der Waals surface area contributed by atoms with E-state index in [1.54, 1.807) is 6.07 Å². The molecule has 0 amide bonds. The molecule has 1 atom stereocenters. The molecular formula is C11H11Br2N3O3S. The van der Waals surface area contributed by atoms with Gasteiger partial charge in [-0.1, -0.05) is 15.9 Å². The first-order valence-electron chi connectivity index (χ1n) is 5.62. The van der Waals surface area contributed by atoms with Gasteiger partial charge in [-0.15, -0.1) is 0 Å². The van der Waals surface area contributed by atoms with E-state index in [-0.39, 0.29) is 30.3 Å². The van der Waals surface area contributed by atoms with Crippen LogP contribution in [0.2, 0.25) is 0 Å². The maximum absolute atomic E-state index is 12.6. The Morgan fingerprint density at radius 2 is 2.15 bits per heavy atom. The van der Waals surface area contributed by atoms with Gasteiger partial charge in [0.25, 0.3) is 0 Å². The summed E-state index contributed by atoms with van der Waals surface area (Å²) < 4.78 is 32.7. The zero-order chi connectivity index (χ0) is 14.9. The predicted octanol–water partition coefficient (Wildman–Crippen LogP) is 1.71.